The van der Waals surface area contributed by atoms with Crippen LogP contribution < -0.4 is 0 Å². The van der Waals surface area contributed by atoms with Gasteiger partial charge >= 0.3 is 0 Å². The Balaban J connectivity index is 1.38. The van der Waals surface area contributed by atoms with Gasteiger partial charge in [0.2, 0.25) is 0 Å². The highest BCUT2D eigenvalue weighted by molar-refractivity contribution is 6.33. The van der Waals surface area contributed by atoms with Gasteiger partial charge in [0.1, 0.15) is 0 Å². The Morgan fingerprint density at radius 3 is 1.59 bits per heavy atom. The largest absolute Gasteiger partial charge is 0.305 e. The summed E-state index contributed by atoms with van der Waals surface area (Å²) in [6, 6.07) is 45.7. The molecule has 0 saturated heterocycles. The standard InChI is InChI=1S/C36H21ClN2/c37-30-10-4-1-7-25(30)23-15-13-22(14-16-23)24-17-20-33-34(21-24)39-32-12-6-3-9-27(32)29-19-18-28-26-8-2-5-11-31(26)38(33)35(28)36(29)39/h1-21H. The number of aromatic nitrogens is 2. The van der Waals surface area contributed by atoms with Gasteiger partial charge in [0.25, 0.3) is 0 Å². The van der Waals surface area contributed by atoms with Crippen LogP contribution in [0.2, 0.25) is 5.02 Å². The third kappa shape index (κ3) is 2.76. The lowest BCUT2D eigenvalue weighted by Gasteiger charge is -2.13. The molecule has 39 heavy (non-hydrogen) atoms. The van der Waals surface area contributed by atoms with E-state index in [9.17, 15) is 0 Å². The molecule has 0 atom stereocenters. The lowest BCUT2D eigenvalue weighted by molar-refractivity contribution is 1.26. The van der Waals surface area contributed by atoms with Crippen molar-refractivity contribution in [3.05, 3.63) is 132 Å². The molecule has 9 aromatic rings. The molecule has 2 nitrogen and oxygen atoms in total. The quantitative estimate of drug-likeness (QED) is 0.202. The summed E-state index contributed by atoms with van der Waals surface area (Å²) in [5, 5.41) is 5.94. The predicted molar refractivity (Wildman–Crippen MR) is 165 cm³/mol. The lowest BCUT2D eigenvalue weighted by Crippen LogP contribution is -1.97. The Morgan fingerprint density at radius 2 is 0.923 bits per heavy atom. The van der Waals surface area contributed by atoms with Crippen molar-refractivity contribution in [2.45, 2.75) is 0 Å². The topological polar surface area (TPSA) is 8.82 Å². The second kappa shape index (κ2) is 7.63. The molecule has 3 heteroatoms. The molecule has 0 aliphatic heterocycles. The van der Waals surface area contributed by atoms with Crippen LogP contribution in [0.25, 0.3) is 76.9 Å². The average molecular weight is 517 g/mol. The summed E-state index contributed by atoms with van der Waals surface area (Å²) >= 11 is 6.47. The van der Waals surface area contributed by atoms with Crippen LogP contribution in [0, 0.1) is 0 Å². The van der Waals surface area contributed by atoms with Crippen LogP contribution in [0.3, 0.4) is 0 Å². The van der Waals surface area contributed by atoms with Crippen LogP contribution in [-0.2, 0) is 0 Å². The number of benzene rings is 6. The van der Waals surface area contributed by atoms with E-state index >= 15 is 0 Å². The molecule has 3 heterocycles. The summed E-state index contributed by atoms with van der Waals surface area (Å²) in [5.74, 6) is 0. The van der Waals surface area contributed by atoms with Gasteiger partial charge < -0.3 is 8.80 Å². The van der Waals surface area contributed by atoms with E-state index in [1.807, 2.05) is 18.2 Å². The normalized spacial score (nSPS) is 12.2. The summed E-state index contributed by atoms with van der Waals surface area (Å²) in [4.78, 5) is 0. The summed E-state index contributed by atoms with van der Waals surface area (Å²) in [5.41, 5.74) is 12.0. The number of fused-ring (bicyclic) bond motifs is 9. The third-order valence-electron chi connectivity index (χ3n) is 8.33. The zero-order valence-corrected chi connectivity index (χ0v) is 21.7. The SMILES string of the molecule is Clc1ccccc1-c1ccc(-c2ccc3c(c2)n2c4ccccc4c4ccc5c6ccccc6n3c5c42)cc1. The fraction of sp³-hybridized carbons (Fsp3) is 0. The summed E-state index contributed by atoms with van der Waals surface area (Å²) < 4.78 is 4.94. The van der Waals surface area contributed by atoms with Crippen molar-refractivity contribution in [3.8, 4) is 22.3 Å². The maximum absolute atomic E-state index is 6.47. The van der Waals surface area contributed by atoms with Crippen LogP contribution >= 0.6 is 11.6 Å². The van der Waals surface area contributed by atoms with E-state index in [1.54, 1.807) is 0 Å². The second-order valence-corrected chi connectivity index (χ2v) is 10.7. The molecule has 0 aliphatic rings. The Labute approximate surface area is 229 Å². The van der Waals surface area contributed by atoms with Crippen LogP contribution in [-0.4, -0.2) is 8.80 Å². The molecule has 6 aromatic carbocycles. The maximum atomic E-state index is 6.47. The fourth-order valence-corrected chi connectivity index (χ4v) is 6.85. The van der Waals surface area contributed by atoms with Crippen LogP contribution in [0.5, 0.6) is 0 Å². The Kier molecular flexibility index (Phi) is 4.14. The molecule has 9 rings (SSSR count). The van der Waals surface area contributed by atoms with E-state index in [1.165, 1.54) is 65.8 Å². The highest BCUT2D eigenvalue weighted by Gasteiger charge is 2.21. The molecule has 0 saturated carbocycles. The zero-order valence-electron chi connectivity index (χ0n) is 20.9. The minimum Gasteiger partial charge on any atom is -0.305 e. The van der Waals surface area contributed by atoms with Crippen molar-refractivity contribution in [2.24, 2.45) is 0 Å². The molecule has 182 valence electrons. The van der Waals surface area contributed by atoms with Crippen LogP contribution in [0.1, 0.15) is 0 Å². The molecule has 0 radical (unpaired) electrons. The van der Waals surface area contributed by atoms with Crippen molar-refractivity contribution in [1.82, 2.24) is 8.80 Å². The minimum atomic E-state index is 0.770. The van der Waals surface area contributed by atoms with E-state index in [-0.39, 0.29) is 0 Å². The number of rotatable bonds is 2. The minimum absolute atomic E-state index is 0.770. The van der Waals surface area contributed by atoms with E-state index in [0.717, 1.165) is 16.1 Å². The number of hydrogen-bond acceptors (Lipinski definition) is 0. The molecule has 0 N–H and O–H groups in total. The van der Waals surface area contributed by atoms with E-state index < -0.39 is 0 Å². The molecule has 0 fully saturated rings. The smallest absolute Gasteiger partial charge is 0.0789 e. The van der Waals surface area contributed by atoms with Gasteiger partial charge in [-0.15, -0.1) is 0 Å². The van der Waals surface area contributed by atoms with Gasteiger partial charge in [-0.1, -0.05) is 109 Å². The summed E-state index contributed by atoms with van der Waals surface area (Å²) in [7, 11) is 0. The number of para-hydroxylation sites is 2. The van der Waals surface area contributed by atoms with Crippen molar-refractivity contribution >= 4 is 66.2 Å². The zero-order chi connectivity index (χ0) is 25.7. The van der Waals surface area contributed by atoms with E-state index in [0.29, 0.717) is 0 Å². The van der Waals surface area contributed by atoms with E-state index in [2.05, 4.69) is 118 Å². The van der Waals surface area contributed by atoms with Gasteiger partial charge in [-0.05, 0) is 47.0 Å². The predicted octanol–water partition coefficient (Wildman–Crippen LogP) is 10.2. The molecule has 3 aromatic heterocycles. The van der Waals surface area contributed by atoms with E-state index in [4.69, 9.17) is 11.6 Å². The molecule has 0 aliphatic carbocycles. The fourth-order valence-electron chi connectivity index (χ4n) is 6.61. The highest BCUT2D eigenvalue weighted by Crippen LogP contribution is 2.42. The lowest BCUT2D eigenvalue weighted by atomic mass is 10.00. The highest BCUT2D eigenvalue weighted by atomic mass is 35.5. The molecular formula is C36H21ClN2. The van der Waals surface area contributed by atoms with Gasteiger partial charge in [-0.2, -0.15) is 0 Å². The molecule has 0 spiro atoms. The van der Waals surface area contributed by atoms with Gasteiger partial charge in [0.05, 0.1) is 33.1 Å². The first-order chi connectivity index (χ1) is 19.3. The first-order valence-corrected chi connectivity index (χ1v) is 13.6. The van der Waals surface area contributed by atoms with Gasteiger partial charge in [-0.3, -0.25) is 0 Å². The van der Waals surface area contributed by atoms with Crippen molar-refractivity contribution in [2.75, 3.05) is 0 Å². The van der Waals surface area contributed by atoms with Crippen molar-refractivity contribution in [3.63, 3.8) is 0 Å². The second-order valence-electron chi connectivity index (χ2n) is 10.3. The molecule has 0 bridgehead atoms. The van der Waals surface area contributed by atoms with Crippen molar-refractivity contribution < 1.29 is 0 Å². The molecule has 0 amide bonds. The number of halogens is 1. The first-order valence-electron chi connectivity index (χ1n) is 13.2. The first kappa shape index (κ1) is 21.2. The van der Waals surface area contributed by atoms with Gasteiger partial charge in [0, 0.05) is 32.1 Å². The van der Waals surface area contributed by atoms with Gasteiger partial charge in [-0.25, -0.2) is 0 Å². The number of nitrogens with zero attached hydrogens (tertiary/aromatic N) is 2. The summed E-state index contributed by atoms with van der Waals surface area (Å²) in [6.45, 7) is 0. The average Bonchev–Trinajstić information content (AvgIpc) is 3.51. The monoisotopic (exact) mass is 516 g/mol. The van der Waals surface area contributed by atoms with Gasteiger partial charge in [0.15, 0.2) is 0 Å². The number of hydrogen-bond donors (Lipinski definition) is 0. The van der Waals surface area contributed by atoms with Crippen LogP contribution in [0.15, 0.2) is 127 Å². The molecular weight excluding hydrogens is 496 g/mol. The maximum Gasteiger partial charge on any atom is 0.0789 e. The Bertz CT molecular complexity index is 2390. The Hall–Kier alpha value is -4.79. The molecule has 0 unspecified atom stereocenters. The Morgan fingerprint density at radius 1 is 0.385 bits per heavy atom. The van der Waals surface area contributed by atoms with Crippen LogP contribution in [0.4, 0.5) is 0 Å². The third-order valence-corrected chi connectivity index (χ3v) is 8.66. The summed E-state index contributed by atoms with van der Waals surface area (Å²) in [6.07, 6.45) is 0. The van der Waals surface area contributed by atoms with Crippen molar-refractivity contribution in [1.29, 1.82) is 0 Å².